The van der Waals surface area contributed by atoms with Crippen molar-refractivity contribution in [2.24, 2.45) is 4.99 Å². The lowest BCUT2D eigenvalue weighted by atomic mass is 10.1. The molecule has 0 amide bonds. The fourth-order valence-corrected chi connectivity index (χ4v) is 4.26. The zero-order valence-corrected chi connectivity index (χ0v) is 15.5. The van der Waals surface area contributed by atoms with E-state index in [0.717, 1.165) is 27.8 Å². The summed E-state index contributed by atoms with van der Waals surface area (Å²) in [4.78, 5) is 14.7. The average Bonchev–Trinajstić information content (AvgIpc) is 2.56. The second-order valence-electron chi connectivity index (χ2n) is 5.48. The number of carbonyl (C=O) groups is 1. The second kappa shape index (κ2) is 7.87. The number of aliphatic carboxylic acids is 1. The highest BCUT2D eigenvalue weighted by Gasteiger charge is 2.33. The van der Waals surface area contributed by atoms with Gasteiger partial charge >= 0.3 is 12.1 Å². The van der Waals surface area contributed by atoms with Gasteiger partial charge in [-0.3, -0.25) is 10.0 Å². The molecule has 0 atom stereocenters. The highest BCUT2D eigenvalue weighted by Crippen LogP contribution is 2.32. The van der Waals surface area contributed by atoms with Crippen molar-refractivity contribution in [3.63, 3.8) is 0 Å². The molecule has 27 heavy (non-hydrogen) atoms. The molecule has 0 radical (unpaired) electrons. The molecule has 0 fully saturated rings. The lowest BCUT2D eigenvalue weighted by Crippen LogP contribution is -2.47. The summed E-state index contributed by atoms with van der Waals surface area (Å²) >= 11 is 5.88. The molecule has 0 unspecified atom stereocenters. The maximum atomic E-state index is 12.9. The monoisotopic (exact) mass is 425 g/mol. The van der Waals surface area contributed by atoms with Crippen molar-refractivity contribution in [2.45, 2.75) is 18.9 Å². The van der Waals surface area contributed by atoms with E-state index in [2.05, 4.69) is 4.99 Å². The molecule has 1 aliphatic heterocycles. The van der Waals surface area contributed by atoms with Crippen molar-refractivity contribution in [3.8, 4) is 0 Å². The van der Waals surface area contributed by atoms with E-state index in [1.807, 2.05) is 0 Å². The van der Waals surface area contributed by atoms with E-state index in [4.69, 9.17) is 16.7 Å². The van der Waals surface area contributed by atoms with Gasteiger partial charge in [0.25, 0.3) is 0 Å². The van der Waals surface area contributed by atoms with E-state index in [9.17, 15) is 26.4 Å². The van der Waals surface area contributed by atoms with Crippen molar-refractivity contribution < 1.29 is 31.5 Å². The number of carboxylic acids is 1. The third kappa shape index (κ3) is 4.99. The zero-order valence-electron chi connectivity index (χ0n) is 13.9. The molecule has 7 nitrogen and oxygen atoms in total. The van der Waals surface area contributed by atoms with Gasteiger partial charge in [0, 0.05) is 24.0 Å². The van der Waals surface area contributed by atoms with Crippen molar-refractivity contribution >= 4 is 33.3 Å². The van der Waals surface area contributed by atoms with Crippen LogP contribution in [0.15, 0.2) is 35.6 Å². The Morgan fingerprint density at radius 1 is 1.41 bits per heavy atom. The van der Waals surface area contributed by atoms with Crippen LogP contribution in [0.3, 0.4) is 0 Å². The molecule has 1 aliphatic rings. The minimum atomic E-state index is -4.64. The Morgan fingerprint density at radius 2 is 2.07 bits per heavy atom. The quantitative estimate of drug-likeness (QED) is 0.756. The third-order valence-electron chi connectivity index (χ3n) is 3.62. The number of halogens is 4. The van der Waals surface area contributed by atoms with Gasteiger partial charge in [-0.25, -0.2) is 13.2 Å². The summed E-state index contributed by atoms with van der Waals surface area (Å²) in [5, 5.41) is 10.0. The standard InChI is InChI=1S/C15H15ClF3N3O4S/c1-2-22(21-6-5-20-13(8-21)14(23)24)27(25,26)9-10-7-11(15(17,18)19)3-4-12(10)16/h3-7H,2,8-9H2,1H3,(H,23,24). The fourth-order valence-electron chi connectivity index (χ4n) is 2.39. The fraction of sp³-hybridized carbons (Fsp3) is 0.333. The molecular formula is C15H15ClF3N3O4S. The van der Waals surface area contributed by atoms with Crippen LogP contribution < -0.4 is 0 Å². The molecule has 1 aromatic carbocycles. The van der Waals surface area contributed by atoms with Gasteiger partial charge in [0.05, 0.1) is 17.9 Å². The first-order valence-electron chi connectivity index (χ1n) is 7.55. The molecule has 148 valence electrons. The molecule has 0 aliphatic carbocycles. The van der Waals surface area contributed by atoms with E-state index < -0.39 is 33.5 Å². The number of aliphatic imine (C=N–C) groups is 1. The van der Waals surface area contributed by atoms with E-state index in [1.54, 1.807) is 0 Å². The van der Waals surface area contributed by atoms with Gasteiger partial charge < -0.3 is 5.11 Å². The highest BCUT2D eigenvalue weighted by atomic mass is 35.5. The predicted octanol–water partition coefficient (Wildman–Crippen LogP) is 2.74. The molecular weight excluding hydrogens is 411 g/mol. The maximum Gasteiger partial charge on any atom is 0.416 e. The van der Waals surface area contributed by atoms with Crippen molar-refractivity contribution in [2.75, 3.05) is 13.1 Å². The van der Waals surface area contributed by atoms with Crippen LogP contribution in [0.4, 0.5) is 13.2 Å². The summed E-state index contributed by atoms with van der Waals surface area (Å²) in [5.74, 6) is -2.09. The Hall–Kier alpha value is -2.11. The minimum absolute atomic E-state index is 0.0733. The molecule has 0 aromatic heterocycles. The number of alkyl halides is 3. The van der Waals surface area contributed by atoms with Gasteiger partial charge in [-0.05, 0) is 30.7 Å². The first-order valence-corrected chi connectivity index (χ1v) is 9.53. The number of sulfonamides is 1. The zero-order chi connectivity index (χ0) is 20.4. The van der Waals surface area contributed by atoms with E-state index in [-0.39, 0.29) is 29.4 Å². The smallest absolute Gasteiger partial charge is 0.416 e. The summed E-state index contributed by atoms with van der Waals surface area (Å²) in [6, 6.07) is 2.43. The van der Waals surface area contributed by atoms with Gasteiger partial charge in [0.15, 0.2) is 0 Å². The topological polar surface area (TPSA) is 90.3 Å². The first kappa shape index (κ1) is 21.2. The number of nitrogens with zero attached hydrogens (tertiary/aromatic N) is 3. The number of benzene rings is 1. The van der Waals surface area contributed by atoms with Crippen LogP contribution in [0.2, 0.25) is 5.02 Å². The summed E-state index contributed by atoms with van der Waals surface area (Å²) < 4.78 is 65.0. The van der Waals surface area contributed by atoms with Crippen molar-refractivity contribution in [1.29, 1.82) is 0 Å². The van der Waals surface area contributed by atoms with Crippen LogP contribution >= 0.6 is 11.6 Å². The average molecular weight is 426 g/mol. The number of hydrogen-bond donors (Lipinski definition) is 1. The largest absolute Gasteiger partial charge is 0.477 e. The Balaban J connectivity index is 2.31. The van der Waals surface area contributed by atoms with Crippen LogP contribution in [-0.4, -0.2) is 47.7 Å². The Labute approximate surface area is 158 Å². The summed E-state index contributed by atoms with van der Waals surface area (Å²) in [7, 11) is -4.15. The second-order valence-corrected chi connectivity index (χ2v) is 7.76. The summed E-state index contributed by atoms with van der Waals surface area (Å²) in [5.41, 5.74) is -1.50. The number of hydrogen-bond acceptors (Lipinski definition) is 5. The molecule has 0 spiro atoms. The van der Waals surface area contributed by atoms with Crippen molar-refractivity contribution in [3.05, 3.63) is 46.7 Å². The number of hydrazine groups is 1. The van der Waals surface area contributed by atoms with E-state index >= 15 is 0 Å². The van der Waals surface area contributed by atoms with Gasteiger partial charge in [-0.2, -0.15) is 13.2 Å². The maximum absolute atomic E-state index is 12.9. The molecule has 0 saturated heterocycles. The van der Waals surface area contributed by atoms with Gasteiger partial charge in [-0.1, -0.05) is 11.6 Å². The van der Waals surface area contributed by atoms with Gasteiger partial charge in [0.2, 0.25) is 10.0 Å². The lowest BCUT2D eigenvalue weighted by molar-refractivity contribution is -0.137. The Bertz CT molecular complexity index is 900. The molecule has 0 bridgehead atoms. The SMILES string of the molecule is CCN(N1C=CN=C(C(=O)O)C1)S(=O)(=O)Cc1cc(C(F)(F)F)ccc1Cl. The molecule has 0 saturated carbocycles. The number of rotatable bonds is 6. The molecule has 12 heteroatoms. The highest BCUT2D eigenvalue weighted by molar-refractivity contribution is 7.88. The molecule has 1 aromatic rings. The van der Waals surface area contributed by atoms with Gasteiger partial charge in [-0.15, -0.1) is 4.41 Å². The van der Waals surface area contributed by atoms with Crippen LogP contribution in [-0.2, 0) is 26.7 Å². The summed E-state index contributed by atoms with van der Waals surface area (Å²) in [6.45, 7) is 1.12. The number of carboxylic acid groups (broad SMARTS) is 1. The van der Waals surface area contributed by atoms with Crippen LogP contribution in [0.1, 0.15) is 18.1 Å². The third-order valence-corrected chi connectivity index (χ3v) is 5.77. The minimum Gasteiger partial charge on any atom is -0.477 e. The van der Waals surface area contributed by atoms with Crippen molar-refractivity contribution in [1.82, 2.24) is 9.42 Å². The van der Waals surface area contributed by atoms with E-state index in [1.165, 1.54) is 13.1 Å². The lowest BCUT2D eigenvalue weighted by Gasteiger charge is -2.33. The molecule has 1 N–H and O–H groups in total. The Kier molecular flexibility index (Phi) is 6.17. The van der Waals surface area contributed by atoms with Crippen LogP contribution in [0.5, 0.6) is 0 Å². The summed E-state index contributed by atoms with van der Waals surface area (Å²) in [6.07, 6.45) is -2.25. The van der Waals surface area contributed by atoms with Gasteiger partial charge in [0.1, 0.15) is 5.71 Å². The molecule has 2 rings (SSSR count). The predicted molar refractivity (Wildman–Crippen MR) is 92.4 cm³/mol. The normalized spacial score (nSPS) is 15.2. The van der Waals surface area contributed by atoms with E-state index in [0.29, 0.717) is 6.07 Å². The first-order chi connectivity index (χ1) is 12.5. The van der Waals surface area contributed by atoms with Crippen LogP contribution in [0.25, 0.3) is 0 Å². The molecule has 1 heterocycles. The van der Waals surface area contributed by atoms with Crippen LogP contribution in [0, 0.1) is 0 Å². The Morgan fingerprint density at radius 3 is 2.63 bits per heavy atom.